The van der Waals surface area contributed by atoms with Crippen molar-refractivity contribution >= 4 is 17.4 Å². The molecule has 4 nitrogen and oxygen atoms in total. The molecule has 0 aliphatic carbocycles. The number of rotatable bonds is 5. The van der Waals surface area contributed by atoms with Crippen molar-refractivity contribution in [2.45, 2.75) is 6.10 Å². The van der Waals surface area contributed by atoms with Gasteiger partial charge >= 0.3 is 0 Å². The van der Waals surface area contributed by atoms with Crippen molar-refractivity contribution in [3.8, 4) is 0 Å². The molecule has 0 aliphatic rings. The van der Waals surface area contributed by atoms with E-state index in [1.807, 2.05) is 24.3 Å². The Balaban J connectivity index is 1.68. The average Bonchev–Trinajstić information content (AvgIpc) is 2.68. The quantitative estimate of drug-likeness (QED) is 0.702. The van der Waals surface area contributed by atoms with Gasteiger partial charge in [0.05, 0.1) is 0 Å². The van der Waals surface area contributed by atoms with Gasteiger partial charge in [-0.2, -0.15) is 0 Å². The maximum atomic E-state index is 12.3. The Morgan fingerprint density at radius 3 is 1.84 bits per heavy atom. The molecule has 3 rings (SSSR count). The van der Waals surface area contributed by atoms with Gasteiger partial charge in [0, 0.05) is 16.8 Å². The predicted molar refractivity (Wildman–Crippen MR) is 96.3 cm³/mol. The summed E-state index contributed by atoms with van der Waals surface area (Å²) in [6.45, 7) is 0. The summed E-state index contributed by atoms with van der Waals surface area (Å²) >= 11 is 0. The molecule has 0 fully saturated rings. The second-order valence-electron chi connectivity index (χ2n) is 5.57. The van der Waals surface area contributed by atoms with E-state index in [1.54, 1.807) is 60.7 Å². The van der Waals surface area contributed by atoms with Crippen molar-refractivity contribution in [3.63, 3.8) is 0 Å². The van der Waals surface area contributed by atoms with Crippen LogP contribution < -0.4 is 5.32 Å². The third-order valence-corrected chi connectivity index (χ3v) is 3.81. The van der Waals surface area contributed by atoms with E-state index in [0.29, 0.717) is 22.4 Å². The summed E-state index contributed by atoms with van der Waals surface area (Å²) < 4.78 is 0. The highest BCUT2D eigenvalue weighted by molar-refractivity contribution is 6.09. The van der Waals surface area contributed by atoms with Gasteiger partial charge in [0.25, 0.3) is 5.91 Å². The van der Waals surface area contributed by atoms with Crippen LogP contribution in [-0.2, 0) is 4.79 Å². The van der Waals surface area contributed by atoms with E-state index in [2.05, 4.69) is 5.32 Å². The molecule has 1 amide bonds. The maximum Gasteiger partial charge on any atom is 0.257 e. The Kier molecular flexibility index (Phi) is 5.02. The Morgan fingerprint density at radius 1 is 0.720 bits per heavy atom. The van der Waals surface area contributed by atoms with Crippen LogP contribution in [0.3, 0.4) is 0 Å². The van der Waals surface area contributed by atoms with E-state index in [9.17, 15) is 14.7 Å². The second kappa shape index (κ2) is 7.55. The summed E-state index contributed by atoms with van der Waals surface area (Å²) in [5.74, 6) is -0.601. The van der Waals surface area contributed by atoms with Gasteiger partial charge in [-0.25, -0.2) is 0 Å². The van der Waals surface area contributed by atoms with Gasteiger partial charge in [-0.15, -0.1) is 0 Å². The first-order valence-corrected chi connectivity index (χ1v) is 7.89. The number of carbonyl (C=O) groups is 2. The van der Waals surface area contributed by atoms with E-state index >= 15 is 0 Å². The maximum absolute atomic E-state index is 12.3. The van der Waals surface area contributed by atoms with E-state index in [1.165, 1.54) is 0 Å². The zero-order valence-electron chi connectivity index (χ0n) is 13.4. The third-order valence-electron chi connectivity index (χ3n) is 3.81. The van der Waals surface area contributed by atoms with Gasteiger partial charge in [-0.05, 0) is 29.8 Å². The molecular weight excluding hydrogens is 314 g/mol. The van der Waals surface area contributed by atoms with Crippen molar-refractivity contribution in [2.75, 3.05) is 5.32 Å². The first-order chi connectivity index (χ1) is 12.1. The molecule has 0 saturated carbocycles. The van der Waals surface area contributed by atoms with Crippen LogP contribution in [0.4, 0.5) is 5.69 Å². The molecule has 1 unspecified atom stereocenters. The molecule has 0 radical (unpaired) electrons. The molecule has 1 atom stereocenters. The number of ketones is 1. The molecule has 25 heavy (non-hydrogen) atoms. The molecule has 0 aromatic heterocycles. The Morgan fingerprint density at radius 2 is 1.24 bits per heavy atom. The number of anilines is 1. The summed E-state index contributed by atoms with van der Waals surface area (Å²) in [7, 11) is 0. The van der Waals surface area contributed by atoms with Crippen LogP contribution in [0.5, 0.6) is 0 Å². The fourth-order valence-corrected chi connectivity index (χ4v) is 2.46. The van der Waals surface area contributed by atoms with Crippen LogP contribution in [0.15, 0.2) is 84.9 Å². The number of benzene rings is 3. The molecule has 0 saturated heterocycles. The van der Waals surface area contributed by atoms with Crippen molar-refractivity contribution in [1.29, 1.82) is 0 Å². The number of hydrogen-bond acceptors (Lipinski definition) is 3. The lowest BCUT2D eigenvalue weighted by Gasteiger charge is -2.12. The third kappa shape index (κ3) is 4.00. The molecule has 4 heteroatoms. The van der Waals surface area contributed by atoms with Crippen LogP contribution in [0.25, 0.3) is 0 Å². The standard InChI is InChI=1S/C21H17NO3/c23-19(15-7-3-1-4-8-15)17-11-13-18(14-12-17)22-21(25)20(24)16-9-5-2-6-10-16/h1-14,20,24H,(H,22,25). The SMILES string of the molecule is O=C(c1ccccc1)c1ccc(NC(=O)C(O)c2ccccc2)cc1. The topological polar surface area (TPSA) is 66.4 Å². The zero-order chi connectivity index (χ0) is 17.6. The summed E-state index contributed by atoms with van der Waals surface area (Å²) in [4.78, 5) is 24.5. The molecule has 3 aromatic rings. The summed E-state index contributed by atoms with van der Waals surface area (Å²) in [6, 6.07) is 24.3. The minimum atomic E-state index is -1.24. The van der Waals surface area contributed by atoms with Gasteiger partial charge in [-0.3, -0.25) is 9.59 Å². The van der Waals surface area contributed by atoms with Crippen LogP contribution in [-0.4, -0.2) is 16.8 Å². The minimum Gasteiger partial charge on any atom is -0.378 e. The first-order valence-electron chi connectivity index (χ1n) is 7.89. The van der Waals surface area contributed by atoms with E-state index < -0.39 is 12.0 Å². The van der Waals surface area contributed by atoms with Crippen molar-refractivity contribution < 1.29 is 14.7 Å². The average molecular weight is 331 g/mol. The van der Waals surface area contributed by atoms with Gasteiger partial charge in [-0.1, -0.05) is 60.7 Å². The lowest BCUT2D eigenvalue weighted by Crippen LogP contribution is -2.20. The number of hydrogen-bond donors (Lipinski definition) is 2. The largest absolute Gasteiger partial charge is 0.378 e. The summed E-state index contributed by atoms with van der Waals surface area (Å²) in [5, 5.41) is 12.7. The minimum absolute atomic E-state index is 0.0807. The normalized spacial score (nSPS) is 11.6. The smallest absolute Gasteiger partial charge is 0.257 e. The molecule has 124 valence electrons. The number of amides is 1. The highest BCUT2D eigenvalue weighted by Gasteiger charge is 2.17. The van der Waals surface area contributed by atoms with E-state index in [-0.39, 0.29) is 5.78 Å². The van der Waals surface area contributed by atoms with Crippen molar-refractivity contribution in [3.05, 3.63) is 102 Å². The van der Waals surface area contributed by atoms with E-state index in [0.717, 1.165) is 0 Å². The number of carbonyl (C=O) groups excluding carboxylic acids is 2. The van der Waals surface area contributed by atoms with Crippen molar-refractivity contribution in [1.82, 2.24) is 0 Å². The first kappa shape index (κ1) is 16.6. The van der Waals surface area contributed by atoms with Gasteiger partial charge in [0.15, 0.2) is 11.9 Å². The number of nitrogens with one attached hydrogen (secondary N) is 1. The van der Waals surface area contributed by atoms with Gasteiger partial charge in [0.1, 0.15) is 0 Å². The van der Waals surface area contributed by atoms with Crippen LogP contribution in [0, 0.1) is 0 Å². The van der Waals surface area contributed by atoms with Crippen LogP contribution >= 0.6 is 0 Å². The highest BCUT2D eigenvalue weighted by atomic mass is 16.3. The van der Waals surface area contributed by atoms with Crippen LogP contribution in [0.1, 0.15) is 27.6 Å². The lowest BCUT2D eigenvalue weighted by molar-refractivity contribution is -0.124. The second-order valence-corrected chi connectivity index (χ2v) is 5.57. The highest BCUT2D eigenvalue weighted by Crippen LogP contribution is 2.17. The van der Waals surface area contributed by atoms with Gasteiger partial charge in [0.2, 0.25) is 0 Å². The monoisotopic (exact) mass is 331 g/mol. The summed E-state index contributed by atoms with van der Waals surface area (Å²) in [6.07, 6.45) is -1.24. The molecule has 3 aromatic carbocycles. The summed E-state index contributed by atoms with van der Waals surface area (Å²) in [5.41, 5.74) is 2.19. The molecule has 0 bridgehead atoms. The van der Waals surface area contributed by atoms with Gasteiger partial charge < -0.3 is 10.4 Å². The zero-order valence-corrected chi connectivity index (χ0v) is 13.4. The fraction of sp³-hybridized carbons (Fsp3) is 0.0476. The number of aliphatic hydroxyl groups is 1. The van der Waals surface area contributed by atoms with E-state index in [4.69, 9.17) is 0 Å². The fourth-order valence-electron chi connectivity index (χ4n) is 2.46. The lowest BCUT2D eigenvalue weighted by atomic mass is 10.0. The Bertz CT molecular complexity index is 859. The molecule has 0 spiro atoms. The Hall–Kier alpha value is -3.24. The molecular formula is C21H17NO3. The van der Waals surface area contributed by atoms with Crippen molar-refractivity contribution in [2.24, 2.45) is 0 Å². The predicted octanol–water partition coefficient (Wildman–Crippen LogP) is 3.59. The van der Waals surface area contributed by atoms with Crippen LogP contribution in [0.2, 0.25) is 0 Å². The molecule has 0 heterocycles. The number of aliphatic hydroxyl groups excluding tert-OH is 1. The molecule has 0 aliphatic heterocycles. The Labute approximate surface area is 145 Å². The molecule has 2 N–H and O–H groups in total.